The van der Waals surface area contributed by atoms with Crippen LogP contribution in [0.4, 0.5) is 14.9 Å². The number of alkyl carbamates (subject to hydrolysis) is 1. The van der Waals surface area contributed by atoms with Gasteiger partial charge in [0, 0.05) is 50.0 Å². The van der Waals surface area contributed by atoms with Crippen LogP contribution in [0.1, 0.15) is 17.3 Å². The molecule has 3 heterocycles. The predicted molar refractivity (Wildman–Crippen MR) is 136 cm³/mol. The average Bonchev–Trinajstić information content (AvgIpc) is 3.24. The third-order valence-electron chi connectivity index (χ3n) is 6.92. The second kappa shape index (κ2) is 9.94. The van der Waals surface area contributed by atoms with Crippen molar-refractivity contribution in [1.82, 2.24) is 15.1 Å². The van der Waals surface area contributed by atoms with Gasteiger partial charge < -0.3 is 24.8 Å². The number of nitrogens with one attached hydrogen (secondary N) is 1. The van der Waals surface area contributed by atoms with Crippen LogP contribution >= 0.6 is 11.6 Å². The van der Waals surface area contributed by atoms with E-state index in [9.17, 15) is 23.0 Å². The monoisotopic (exact) mass is 548 g/mol. The number of piperazine rings is 1. The van der Waals surface area contributed by atoms with Gasteiger partial charge in [-0.3, -0.25) is 13.8 Å². The van der Waals surface area contributed by atoms with Crippen LogP contribution in [-0.2, 0) is 20.3 Å². The van der Waals surface area contributed by atoms with Crippen molar-refractivity contribution in [3.05, 3.63) is 58.9 Å². The maximum absolute atomic E-state index is 13.6. The van der Waals surface area contributed by atoms with Gasteiger partial charge in [0.25, 0.3) is 5.91 Å². The number of carbonyl (C=O) groups is 3. The zero-order chi connectivity index (χ0) is 26.3. The first-order chi connectivity index (χ1) is 17.6. The van der Waals surface area contributed by atoms with E-state index in [2.05, 4.69) is 10.2 Å². The van der Waals surface area contributed by atoms with Gasteiger partial charge in [0.1, 0.15) is 23.7 Å². The number of carbonyl (C=O) groups excluding carboxylic acids is 3. The zero-order valence-corrected chi connectivity index (χ0v) is 21.7. The van der Waals surface area contributed by atoms with Gasteiger partial charge in [0.05, 0.1) is 20.7 Å². The number of likely N-dealkylation sites (tertiary alicyclic amines) is 1. The largest absolute Gasteiger partial charge is 0.447 e. The Kier molecular flexibility index (Phi) is 6.84. The molecule has 12 heteroatoms. The van der Waals surface area contributed by atoms with E-state index in [1.165, 1.54) is 29.2 Å². The summed E-state index contributed by atoms with van der Waals surface area (Å²) in [5.41, 5.74) is 0.595. The third-order valence-corrected chi connectivity index (χ3v) is 8.70. The van der Waals surface area contributed by atoms with Crippen molar-refractivity contribution in [2.24, 2.45) is 0 Å². The molecule has 0 saturated carbocycles. The van der Waals surface area contributed by atoms with Gasteiger partial charge in [-0.25, -0.2) is 9.18 Å². The smallest absolute Gasteiger partial charge is 0.407 e. The Bertz CT molecular complexity index is 1290. The Morgan fingerprint density at radius 3 is 2.62 bits per heavy atom. The van der Waals surface area contributed by atoms with E-state index in [4.69, 9.17) is 16.3 Å². The van der Waals surface area contributed by atoms with Crippen LogP contribution in [0.15, 0.2) is 47.4 Å². The highest BCUT2D eigenvalue weighted by Gasteiger charge is 2.51. The van der Waals surface area contributed by atoms with E-state index in [0.29, 0.717) is 38.3 Å². The SMILES string of the molecule is C[C@H]1CN(C(=O)c2ccc(S(=O)CC(=O)N3CC4(COC(=O)N4)C3)c(Cl)c2)CCN1c1cccc(F)c1. The molecule has 2 atom stereocenters. The maximum Gasteiger partial charge on any atom is 0.407 e. The highest BCUT2D eigenvalue weighted by molar-refractivity contribution is 7.85. The van der Waals surface area contributed by atoms with Crippen molar-refractivity contribution < 1.29 is 27.7 Å². The molecule has 3 saturated heterocycles. The summed E-state index contributed by atoms with van der Waals surface area (Å²) in [6.07, 6.45) is -0.500. The van der Waals surface area contributed by atoms with Crippen LogP contribution in [0, 0.1) is 5.82 Å². The molecule has 3 fully saturated rings. The Hall–Kier alpha value is -3.18. The van der Waals surface area contributed by atoms with Gasteiger partial charge in [-0.05, 0) is 43.3 Å². The molecule has 1 N–H and O–H groups in total. The average molecular weight is 549 g/mol. The number of cyclic esters (lactones) is 1. The van der Waals surface area contributed by atoms with E-state index in [-0.39, 0.29) is 46.0 Å². The first-order valence-corrected chi connectivity index (χ1v) is 13.6. The maximum atomic E-state index is 13.6. The topological polar surface area (TPSA) is 99.3 Å². The van der Waals surface area contributed by atoms with Gasteiger partial charge in [-0.15, -0.1) is 0 Å². The molecular weight excluding hydrogens is 523 g/mol. The summed E-state index contributed by atoms with van der Waals surface area (Å²) in [7, 11) is -1.70. The Morgan fingerprint density at radius 1 is 1.19 bits per heavy atom. The third kappa shape index (κ3) is 5.15. The van der Waals surface area contributed by atoms with Crippen molar-refractivity contribution in [1.29, 1.82) is 0 Å². The summed E-state index contributed by atoms with van der Waals surface area (Å²) in [6, 6.07) is 11.0. The predicted octanol–water partition coefficient (Wildman–Crippen LogP) is 2.26. The molecule has 2 aromatic rings. The molecule has 196 valence electrons. The van der Waals surface area contributed by atoms with Gasteiger partial charge in [-0.1, -0.05) is 17.7 Å². The molecule has 3 aliphatic heterocycles. The lowest BCUT2D eigenvalue weighted by molar-refractivity contribution is -0.136. The van der Waals surface area contributed by atoms with Crippen molar-refractivity contribution in [2.45, 2.75) is 23.4 Å². The van der Waals surface area contributed by atoms with Gasteiger partial charge in [-0.2, -0.15) is 0 Å². The van der Waals surface area contributed by atoms with E-state index in [1.807, 2.05) is 13.0 Å². The van der Waals surface area contributed by atoms with Gasteiger partial charge >= 0.3 is 6.09 Å². The summed E-state index contributed by atoms with van der Waals surface area (Å²) in [5, 5.41) is 2.85. The van der Waals surface area contributed by atoms with E-state index in [0.717, 1.165) is 5.69 Å². The lowest BCUT2D eigenvalue weighted by atomic mass is 9.92. The van der Waals surface area contributed by atoms with Crippen molar-refractivity contribution in [3.63, 3.8) is 0 Å². The summed E-state index contributed by atoms with van der Waals surface area (Å²) in [6.45, 7) is 4.27. The van der Waals surface area contributed by atoms with Crippen LogP contribution in [0.3, 0.4) is 0 Å². The highest BCUT2D eigenvalue weighted by atomic mass is 35.5. The van der Waals surface area contributed by atoms with Crippen molar-refractivity contribution in [3.8, 4) is 0 Å². The van der Waals surface area contributed by atoms with E-state index < -0.39 is 22.4 Å². The number of ether oxygens (including phenoxy) is 1. The van der Waals surface area contributed by atoms with Crippen LogP contribution in [0.5, 0.6) is 0 Å². The van der Waals surface area contributed by atoms with Crippen molar-refractivity contribution in [2.75, 3.05) is 50.0 Å². The zero-order valence-electron chi connectivity index (χ0n) is 20.1. The molecule has 2 aromatic carbocycles. The number of hydrogen-bond acceptors (Lipinski definition) is 6. The second-order valence-corrected chi connectivity index (χ2v) is 11.5. The standard InChI is InChI=1S/C25H26ClFN4O5S/c1-16-11-29(7-8-31(16)19-4-2-3-18(27)10-19)23(33)17-5-6-21(20(26)9-17)37(35)12-22(32)30-13-25(14-30)15-36-24(34)28-25/h2-6,9-10,16H,7-8,11-15H2,1H3,(H,28,34)/t16-,37?/m0/s1. The molecule has 0 radical (unpaired) electrons. The molecule has 5 rings (SSSR count). The summed E-state index contributed by atoms with van der Waals surface area (Å²) in [4.78, 5) is 42.5. The molecule has 3 aliphatic rings. The quantitative estimate of drug-likeness (QED) is 0.615. The fourth-order valence-electron chi connectivity index (χ4n) is 4.99. The Balaban J connectivity index is 1.18. The molecule has 0 aromatic heterocycles. The molecule has 37 heavy (non-hydrogen) atoms. The minimum Gasteiger partial charge on any atom is -0.447 e. The fourth-order valence-corrected chi connectivity index (χ4v) is 6.48. The molecule has 9 nitrogen and oxygen atoms in total. The molecule has 0 bridgehead atoms. The summed E-state index contributed by atoms with van der Waals surface area (Å²) < 4.78 is 31.4. The second-order valence-electron chi connectivity index (χ2n) is 9.64. The minimum absolute atomic E-state index is 0.0162. The first kappa shape index (κ1) is 25.5. The number of halogens is 2. The lowest BCUT2D eigenvalue weighted by Gasteiger charge is -2.45. The highest BCUT2D eigenvalue weighted by Crippen LogP contribution is 2.28. The van der Waals surface area contributed by atoms with E-state index >= 15 is 0 Å². The van der Waals surface area contributed by atoms with Crippen LogP contribution in [0.25, 0.3) is 0 Å². The van der Waals surface area contributed by atoms with E-state index in [1.54, 1.807) is 17.0 Å². The van der Waals surface area contributed by atoms with Crippen molar-refractivity contribution >= 4 is 46.0 Å². The number of benzene rings is 2. The van der Waals surface area contributed by atoms with Gasteiger partial charge in [0.15, 0.2) is 0 Å². The number of anilines is 1. The first-order valence-electron chi connectivity index (χ1n) is 11.9. The molecule has 0 aliphatic carbocycles. The number of rotatable bonds is 5. The molecule has 1 unspecified atom stereocenters. The molecule has 1 spiro atoms. The van der Waals surface area contributed by atoms with Crippen LogP contribution in [0.2, 0.25) is 5.02 Å². The number of amides is 3. The minimum atomic E-state index is -1.70. The molecular formula is C25H26ClFN4O5S. The Labute approximate surface area is 220 Å². The van der Waals surface area contributed by atoms with Crippen LogP contribution < -0.4 is 10.2 Å². The normalized spacial score (nSPS) is 21.3. The lowest BCUT2D eigenvalue weighted by Crippen LogP contribution is -2.70. The fraction of sp³-hybridized carbons (Fsp3) is 0.400. The molecule has 3 amide bonds. The Morgan fingerprint density at radius 2 is 1.97 bits per heavy atom. The summed E-state index contributed by atoms with van der Waals surface area (Å²) >= 11 is 6.38. The van der Waals surface area contributed by atoms with Gasteiger partial charge in [0.2, 0.25) is 5.91 Å². The van der Waals surface area contributed by atoms with Crippen LogP contribution in [-0.4, -0.2) is 88.6 Å². The number of nitrogens with zero attached hydrogens (tertiary/aromatic N) is 3. The number of hydrogen-bond donors (Lipinski definition) is 1. The summed E-state index contributed by atoms with van der Waals surface area (Å²) in [5.74, 6) is -1.07.